The Morgan fingerprint density at radius 3 is 2.79 bits per heavy atom. The maximum absolute atomic E-state index is 13.6. The average molecular weight is 358 g/mol. The molecule has 0 saturated heterocycles. The van der Waals surface area contributed by atoms with Crippen LogP contribution in [0.15, 0.2) is 40.9 Å². The second-order valence-electron chi connectivity index (χ2n) is 4.03. The van der Waals surface area contributed by atoms with E-state index in [0.717, 1.165) is 10.2 Å². The molecule has 3 rings (SSSR count). The normalized spacial score (nSPS) is 11.1. The predicted octanol–water partition coefficient (Wildman–Crippen LogP) is 5.24. The van der Waals surface area contributed by atoms with Crippen LogP contribution in [0.1, 0.15) is 0 Å². The lowest BCUT2D eigenvalue weighted by Gasteiger charge is -2.05. The van der Waals surface area contributed by atoms with E-state index >= 15 is 0 Å². The molecule has 0 radical (unpaired) electrons. The van der Waals surface area contributed by atoms with Gasteiger partial charge in [0.25, 0.3) is 0 Å². The minimum Gasteiger partial charge on any atom is -0.330 e. The number of halogens is 3. The Hall–Kier alpha value is -1.17. The first kappa shape index (κ1) is 12.8. The molecule has 1 N–H and O–H groups in total. The molecule has 19 heavy (non-hydrogen) atoms. The van der Waals surface area contributed by atoms with Gasteiger partial charge in [-0.15, -0.1) is 0 Å². The number of rotatable bonds is 1. The summed E-state index contributed by atoms with van der Waals surface area (Å²) < 4.78 is 16.8. The topological polar surface area (TPSA) is 20.7 Å². The number of H-pyrrole nitrogens is 1. The molecule has 0 fully saturated rings. The summed E-state index contributed by atoms with van der Waals surface area (Å²) in [4.78, 5) is 3.02. The highest BCUT2D eigenvalue weighted by molar-refractivity contribution is 9.10. The number of hydrogen-bond acceptors (Lipinski definition) is 1. The van der Waals surface area contributed by atoms with Gasteiger partial charge in [0.1, 0.15) is 5.82 Å². The van der Waals surface area contributed by atoms with Crippen molar-refractivity contribution in [2.45, 2.75) is 0 Å². The van der Waals surface area contributed by atoms with Crippen LogP contribution in [-0.2, 0) is 0 Å². The minimum absolute atomic E-state index is 0.0742. The molecule has 0 saturated carbocycles. The van der Waals surface area contributed by atoms with E-state index < -0.39 is 5.82 Å². The fourth-order valence-electron chi connectivity index (χ4n) is 1.97. The first-order valence-corrected chi connectivity index (χ1v) is 7.00. The third kappa shape index (κ3) is 2.22. The Labute approximate surface area is 127 Å². The number of aromatic nitrogens is 2. The minimum atomic E-state index is -0.466. The lowest BCUT2D eigenvalue weighted by molar-refractivity contribution is 0.629. The summed E-state index contributed by atoms with van der Waals surface area (Å²) in [6.07, 6.45) is 0. The summed E-state index contributed by atoms with van der Waals surface area (Å²) in [5.41, 5.74) is 2.22. The van der Waals surface area contributed by atoms with Crippen LogP contribution in [0.2, 0.25) is 5.02 Å². The lowest BCUT2D eigenvalue weighted by atomic mass is 10.2. The Morgan fingerprint density at radius 1 is 1.26 bits per heavy atom. The molecule has 0 atom stereocenters. The number of hydrogen-bond donors (Lipinski definition) is 1. The number of aromatic amines is 1. The fraction of sp³-hybridized carbons (Fsp3) is 0. The van der Waals surface area contributed by atoms with Gasteiger partial charge in [-0.05, 0) is 36.5 Å². The first-order chi connectivity index (χ1) is 9.06. The van der Waals surface area contributed by atoms with Crippen LogP contribution in [0.4, 0.5) is 4.39 Å². The van der Waals surface area contributed by atoms with E-state index in [0.29, 0.717) is 15.8 Å². The second kappa shape index (κ2) is 4.74. The van der Waals surface area contributed by atoms with E-state index in [1.54, 1.807) is 4.57 Å². The SMILES string of the molecule is Fc1cc2c(cc1Cl)[nH]c(=S)n2-c1cccc(Br)c1. The summed E-state index contributed by atoms with van der Waals surface area (Å²) in [7, 11) is 0. The Morgan fingerprint density at radius 2 is 2.05 bits per heavy atom. The highest BCUT2D eigenvalue weighted by atomic mass is 79.9. The smallest absolute Gasteiger partial charge is 0.182 e. The molecule has 0 amide bonds. The molecule has 0 aliphatic carbocycles. The van der Waals surface area contributed by atoms with Gasteiger partial charge in [0.05, 0.1) is 16.1 Å². The van der Waals surface area contributed by atoms with Crippen LogP contribution in [-0.4, -0.2) is 9.55 Å². The second-order valence-corrected chi connectivity index (χ2v) is 5.74. The van der Waals surface area contributed by atoms with Gasteiger partial charge < -0.3 is 4.98 Å². The number of nitrogens with one attached hydrogen (secondary N) is 1. The van der Waals surface area contributed by atoms with Crippen LogP contribution >= 0.6 is 39.7 Å². The molecule has 0 unspecified atom stereocenters. The van der Waals surface area contributed by atoms with Gasteiger partial charge in [0, 0.05) is 16.2 Å². The van der Waals surface area contributed by atoms with Gasteiger partial charge in [-0.3, -0.25) is 4.57 Å². The zero-order valence-electron chi connectivity index (χ0n) is 9.45. The quantitative estimate of drug-likeness (QED) is 0.590. The zero-order chi connectivity index (χ0) is 13.6. The fourth-order valence-corrected chi connectivity index (χ4v) is 2.84. The van der Waals surface area contributed by atoms with E-state index in [1.807, 2.05) is 24.3 Å². The predicted molar refractivity (Wildman–Crippen MR) is 81.1 cm³/mol. The molecule has 0 spiro atoms. The number of fused-ring (bicyclic) bond motifs is 1. The number of nitrogens with zero attached hydrogens (tertiary/aromatic N) is 1. The molecule has 96 valence electrons. The van der Waals surface area contributed by atoms with Crippen molar-refractivity contribution in [3.63, 3.8) is 0 Å². The molecule has 6 heteroatoms. The van der Waals surface area contributed by atoms with Crippen LogP contribution in [0.5, 0.6) is 0 Å². The van der Waals surface area contributed by atoms with E-state index in [9.17, 15) is 4.39 Å². The summed E-state index contributed by atoms with van der Waals surface area (Å²) in [5, 5.41) is 0.0742. The Kier molecular flexibility index (Phi) is 3.20. The third-order valence-electron chi connectivity index (χ3n) is 2.79. The van der Waals surface area contributed by atoms with Crippen molar-refractivity contribution in [1.82, 2.24) is 9.55 Å². The van der Waals surface area contributed by atoms with Crippen molar-refractivity contribution in [2.24, 2.45) is 0 Å². The molecule has 0 aliphatic heterocycles. The van der Waals surface area contributed by atoms with Crippen molar-refractivity contribution in [3.8, 4) is 5.69 Å². The number of benzene rings is 2. The van der Waals surface area contributed by atoms with Crippen molar-refractivity contribution < 1.29 is 4.39 Å². The summed E-state index contributed by atoms with van der Waals surface area (Å²) in [6.45, 7) is 0. The molecule has 1 heterocycles. The average Bonchev–Trinajstić information content (AvgIpc) is 2.65. The highest BCUT2D eigenvalue weighted by Gasteiger charge is 2.10. The summed E-state index contributed by atoms with van der Waals surface area (Å²) >= 11 is 14.5. The van der Waals surface area contributed by atoms with Gasteiger partial charge in [-0.25, -0.2) is 4.39 Å². The molecule has 1 aromatic heterocycles. The molecule has 0 bridgehead atoms. The van der Waals surface area contributed by atoms with Crippen LogP contribution < -0.4 is 0 Å². The highest BCUT2D eigenvalue weighted by Crippen LogP contribution is 2.26. The van der Waals surface area contributed by atoms with E-state index in [-0.39, 0.29) is 5.02 Å². The Balaban J connectivity index is 2.38. The molecule has 2 aromatic carbocycles. The van der Waals surface area contributed by atoms with Gasteiger partial charge in [0.15, 0.2) is 4.77 Å². The molecular formula is C13H7BrClFN2S. The third-order valence-corrected chi connectivity index (χ3v) is 3.86. The van der Waals surface area contributed by atoms with Crippen molar-refractivity contribution in [1.29, 1.82) is 0 Å². The molecule has 2 nitrogen and oxygen atoms in total. The largest absolute Gasteiger partial charge is 0.330 e. The summed E-state index contributed by atoms with van der Waals surface area (Å²) in [5.74, 6) is -0.466. The van der Waals surface area contributed by atoms with E-state index in [4.69, 9.17) is 23.8 Å². The molecular weight excluding hydrogens is 351 g/mol. The molecule has 0 aliphatic rings. The van der Waals surface area contributed by atoms with E-state index in [2.05, 4.69) is 20.9 Å². The lowest BCUT2D eigenvalue weighted by Crippen LogP contribution is -1.94. The van der Waals surface area contributed by atoms with Crippen molar-refractivity contribution in [2.75, 3.05) is 0 Å². The van der Waals surface area contributed by atoms with E-state index in [1.165, 1.54) is 12.1 Å². The summed E-state index contributed by atoms with van der Waals surface area (Å²) in [6, 6.07) is 10.5. The zero-order valence-corrected chi connectivity index (χ0v) is 12.6. The van der Waals surface area contributed by atoms with Crippen LogP contribution in [0, 0.1) is 10.6 Å². The maximum Gasteiger partial charge on any atom is 0.182 e. The Bertz CT molecular complexity index is 840. The molecule has 3 aromatic rings. The van der Waals surface area contributed by atoms with Crippen LogP contribution in [0.25, 0.3) is 16.7 Å². The van der Waals surface area contributed by atoms with Gasteiger partial charge >= 0.3 is 0 Å². The first-order valence-electron chi connectivity index (χ1n) is 5.42. The van der Waals surface area contributed by atoms with Crippen molar-refractivity contribution in [3.05, 3.63) is 56.5 Å². The maximum atomic E-state index is 13.6. The van der Waals surface area contributed by atoms with Crippen LogP contribution in [0.3, 0.4) is 0 Å². The standard InChI is InChI=1S/C13H7BrClFN2S/c14-7-2-1-3-8(4-7)18-12-6-10(16)9(15)5-11(12)17-13(18)19/h1-6H,(H,17,19). The van der Waals surface area contributed by atoms with Gasteiger partial charge in [0.2, 0.25) is 0 Å². The van der Waals surface area contributed by atoms with Crippen molar-refractivity contribution >= 4 is 50.8 Å². The monoisotopic (exact) mass is 356 g/mol. The van der Waals surface area contributed by atoms with Gasteiger partial charge in [-0.1, -0.05) is 33.6 Å². The number of imidazole rings is 1. The van der Waals surface area contributed by atoms with Gasteiger partial charge in [-0.2, -0.15) is 0 Å².